The first-order chi connectivity index (χ1) is 14.5. The topological polar surface area (TPSA) is 30.9 Å². The van der Waals surface area contributed by atoms with Gasteiger partial charge in [0.25, 0.3) is 0 Å². The van der Waals surface area contributed by atoms with Crippen molar-refractivity contribution in [1.82, 2.24) is 0 Å². The van der Waals surface area contributed by atoms with Crippen LogP contribution in [0.15, 0.2) is 18.2 Å². The molecule has 174 valence electrons. The lowest BCUT2D eigenvalue weighted by Crippen LogP contribution is -2.38. The van der Waals surface area contributed by atoms with Gasteiger partial charge >= 0.3 is 0 Å². The van der Waals surface area contributed by atoms with E-state index < -0.39 is 0 Å². The molecular weight excluding hydrogens is 414 g/mol. The Hall–Kier alpha value is -0.400. The molecule has 30 heavy (non-hydrogen) atoms. The fourth-order valence-electron chi connectivity index (χ4n) is 3.44. The summed E-state index contributed by atoms with van der Waals surface area (Å²) in [5.41, 5.74) is 4.23. The van der Waals surface area contributed by atoms with E-state index in [1.807, 2.05) is 21.6 Å². The van der Waals surface area contributed by atoms with Crippen molar-refractivity contribution in [2.75, 3.05) is 64.4 Å². The lowest BCUT2D eigenvalue weighted by atomic mass is 10.0. The van der Waals surface area contributed by atoms with Crippen molar-refractivity contribution in [3.05, 3.63) is 29.3 Å². The Labute approximate surface area is 193 Å². The minimum absolute atomic E-state index is 0.161. The third kappa shape index (κ3) is 11.8. The number of methoxy groups -OCH3 is 1. The van der Waals surface area contributed by atoms with Crippen LogP contribution in [0.2, 0.25) is 0 Å². The summed E-state index contributed by atoms with van der Waals surface area (Å²) in [6.45, 7) is 14.2. The highest BCUT2D eigenvalue weighted by Crippen LogP contribution is 2.35. The minimum atomic E-state index is 0.161. The van der Waals surface area contributed by atoms with Gasteiger partial charge in [-0.05, 0) is 56.2 Å². The molecule has 0 saturated heterocycles. The van der Waals surface area contributed by atoms with Crippen LogP contribution >= 0.6 is 21.6 Å². The Kier molecular flexibility index (Phi) is 15.0. The van der Waals surface area contributed by atoms with Crippen LogP contribution < -0.4 is 4.90 Å². The fourth-order valence-corrected chi connectivity index (χ4v) is 5.61. The maximum absolute atomic E-state index is 5.88. The molecule has 0 heterocycles. The molecule has 0 aromatic heterocycles. The van der Waals surface area contributed by atoms with Crippen molar-refractivity contribution in [2.24, 2.45) is 0 Å². The van der Waals surface area contributed by atoms with Crippen LogP contribution in [0.4, 0.5) is 5.69 Å². The van der Waals surface area contributed by atoms with Crippen molar-refractivity contribution in [1.29, 1.82) is 0 Å². The Bertz CT molecular complexity index is 545. The van der Waals surface area contributed by atoms with Gasteiger partial charge in [0.1, 0.15) is 0 Å². The van der Waals surface area contributed by atoms with Crippen LogP contribution in [-0.4, -0.2) is 64.2 Å². The highest BCUT2D eigenvalue weighted by atomic mass is 33.1. The van der Waals surface area contributed by atoms with Crippen LogP contribution in [-0.2, 0) is 27.1 Å². The summed E-state index contributed by atoms with van der Waals surface area (Å²) in [6, 6.07) is 7.16. The molecule has 0 bridgehead atoms. The third-order valence-corrected chi connectivity index (χ3v) is 7.27. The molecule has 0 amide bonds. The van der Waals surface area contributed by atoms with Crippen LogP contribution in [0.3, 0.4) is 0 Å². The highest BCUT2D eigenvalue weighted by Gasteiger charge is 2.23. The number of benzene rings is 1. The Morgan fingerprint density at radius 3 is 1.97 bits per heavy atom. The van der Waals surface area contributed by atoms with E-state index in [2.05, 4.69) is 57.0 Å². The zero-order valence-corrected chi connectivity index (χ0v) is 21.6. The molecule has 0 unspecified atom stereocenters. The third-order valence-electron chi connectivity index (χ3n) is 4.67. The molecule has 0 atom stereocenters. The summed E-state index contributed by atoms with van der Waals surface area (Å²) in [4.78, 5) is 2.51. The van der Waals surface area contributed by atoms with E-state index in [1.165, 1.54) is 29.7 Å². The van der Waals surface area contributed by atoms with Gasteiger partial charge in [0.15, 0.2) is 0 Å². The molecular formula is C24H43NO3S2. The molecule has 0 aliphatic heterocycles. The number of anilines is 1. The van der Waals surface area contributed by atoms with Gasteiger partial charge in [0, 0.05) is 30.6 Å². The van der Waals surface area contributed by atoms with Gasteiger partial charge in [-0.2, -0.15) is 0 Å². The van der Waals surface area contributed by atoms with Gasteiger partial charge in [0.2, 0.25) is 0 Å². The number of nitrogens with zero attached hydrogens (tertiary/aromatic N) is 1. The summed E-state index contributed by atoms with van der Waals surface area (Å²) in [6.07, 6.45) is 6.78. The van der Waals surface area contributed by atoms with Crippen LogP contribution in [0.1, 0.15) is 51.7 Å². The molecule has 0 spiro atoms. The maximum atomic E-state index is 5.88. The second-order valence-electron chi connectivity index (χ2n) is 8.16. The molecule has 0 N–H and O–H groups in total. The molecule has 0 aliphatic carbocycles. The van der Waals surface area contributed by atoms with E-state index in [0.29, 0.717) is 33.0 Å². The van der Waals surface area contributed by atoms with E-state index in [4.69, 9.17) is 14.2 Å². The van der Waals surface area contributed by atoms with E-state index >= 15 is 0 Å². The minimum Gasteiger partial charge on any atom is -0.382 e. The Balaban J connectivity index is 2.82. The normalized spacial score (nSPS) is 11.8. The average molecular weight is 458 g/mol. The first-order valence-corrected chi connectivity index (χ1v) is 13.8. The molecule has 1 aromatic rings. The van der Waals surface area contributed by atoms with Gasteiger partial charge in [-0.15, -0.1) is 0 Å². The quantitative estimate of drug-likeness (QED) is 0.202. The second kappa shape index (κ2) is 16.3. The van der Waals surface area contributed by atoms with E-state index in [1.54, 1.807) is 7.11 Å². The van der Waals surface area contributed by atoms with Gasteiger partial charge < -0.3 is 19.1 Å². The van der Waals surface area contributed by atoms with Crippen molar-refractivity contribution < 1.29 is 14.2 Å². The molecule has 6 heteroatoms. The maximum Gasteiger partial charge on any atom is 0.0701 e. The van der Waals surface area contributed by atoms with Crippen molar-refractivity contribution in [3.63, 3.8) is 0 Å². The fraction of sp³-hybridized carbons (Fsp3) is 0.750. The summed E-state index contributed by atoms with van der Waals surface area (Å²) in [5, 5.41) is 0. The monoisotopic (exact) mass is 457 g/mol. The van der Waals surface area contributed by atoms with Crippen LogP contribution in [0, 0.1) is 0 Å². The number of ether oxygens (including phenoxy) is 3. The smallest absolute Gasteiger partial charge is 0.0701 e. The number of aryl methyl sites for hydroxylation is 2. The molecule has 4 nitrogen and oxygen atoms in total. The van der Waals surface area contributed by atoms with Crippen molar-refractivity contribution in [2.45, 2.75) is 58.1 Å². The molecule has 0 saturated carbocycles. The summed E-state index contributed by atoms with van der Waals surface area (Å²) < 4.78 is 16.5. The van der Waals surface area contributed by atoms with Gasteiger partial charge in [-0.3, -0.25) is 0 Å². The SMILES string of the molecule is CCCc1cc(CCC)cc(N(CCOCCOCCOC)CC(C)(C)SSC)c1. The van der Waals surface area contributed by atoms with E-state index in [-0.39, 0.29) is 4.75 Å². The first-order valence-electron chi connectivity index (χ1n) is 11.2. The molecule has 1 aromatic carbocycles. The molecule has 0 aliphatic rings. The summed E-state index contributed by atoms with van der Waals surface area (Å²) >= 11 is 0. The number of hydrogen-bond donors (Lipinski definition) is 0. The van der Waals surface area contributed by atoms with Crippen molar-refractivity contribution in [3.8, 4) is 0 Å². The lowest BCUT2D eigenvalue weighted by molar-refractivity contribution is 0.0264. The van der Waals surface area contributed by atoms with Crippen LogP contribution in [0.5, 0.6) is 0 Å². The average Bonchev–Trinajstić information content (AvgIpc) is 2.69. The largest absolute Gasteiger partial charge is 0.382 e. The van der Waals surface area contributed by atoms with E-state index in [9.17, 15) is 0 Å². The lowest BCUT2D eigenvalue weighted by Gasteiger charge is -2.34. The molecule has 0 fully saturated rings. The Morgan fingerprint density at radius 2 is 1.43 bits per heavy atom. The van der Waals surface area contributed by atoms with E-state index in [0.717, 1.165) is 25.9 Å². The Morgan fingerprint density at radius 1 is 0.867 bits per heavy atom. The summed E-state index contributed by atoms with van der Waals surface area (Å²) in [7, 11) is 5.47. The van der Waals surface area contributed by atoms with Crippen molar-refractivity contribution >= 4 is 27.3 Å². The van der Waals surface area contributed by atoms with Gasteiger partial charge in [0.05, 0.1) is 33.0 Å². The predicted molar refractivity (Wildman–Crippen MR) is 135 cm³/mol. The predicted octanol–water partition coefficient (Wildman–Crippen LogP) is 5.87. The van der Waals surface area contributed by atoms with Gasteiger partial charge in [-0.25, -0.2) is 0 Å². The summed E-state index contributed by atoms with van der Waals surface area (Å²) in [5.74, 6) is 0. The standard InChI is InChI=1S/C24H43NO3S2/c1-7-9-21-17-22(10-8-2)19-23(18-21)25(20-24(3,4)30-29-6)11-12-27-15-16-28-14-13-26-5/h17-19H,7-16,20H2,1-6H3. The highest BCUT2D eigenvalue weighted by molar-refractivity contribution is 8.77. The van der Waals surface area contributed by atoms with Crippen LogP contribution in [0.25, 0.3) is 0 Å². The zero-order chi connectivity index (χ0) is 22.2. The molecule has 0 radical (unpaired) electrons. The number of rotatable bonds is 18. The molecule has 1 rings (SSSR count). The first kappa shape index (κ1) is 27.6. The van der Waals surface area contributed by atoms with Gasteiger partial charge in [-0.1, -0.05) is 54.3 Å². The second-order valence-corrected chi connectivity index (χ2v) is 11.3. The number of hydrogen-bond acceptors (Lipinski definition) is 6. The zero-order valence-electron chi connectivity index (χ0n) is 20.0.